The molecule has 2 saturated heterocycles. The van der Waals surface area contributed by atoms with Gasteiger partial charge in [-0.2, -0.15) is 4.31 Å². The Morgan fingerprint density at radius 2 is 1.59 bits per heavy atom. The number of rotatable bonds is 2. The first kappa shape index (κ1) is 13.3. The van der Waals surface area contributed by atoms with Crippen LogP contribution in [0.3, 0.4) is 0 Å². The summed E-state index contributed by atoms with van der Waals surface area (Å²) in [6.45, 7) is 10.1. The zero-order valence-corrected chi connectivity index (χ0v) is 12.1. The summed E-state index contributed by atoms with van der Waals surface area (Å²) in [7, 11) is -3.02. The summed E-state index contributed by atoms with van der Waals surface area (Å²) in [5.74, 6) is 0.232. The molecule has 2 bridgehead atoms. The summed E-state index contributed by atoms with van der Waals surface area (Å²) in [5, 5.41) is 0. The van der Waals surface area contributed by atoms with E-state index in [0.717, 1.165) is 25.9 Å². The van der Waals surface area contributed by atoms with Crippen molar-refractivity contribution in [3.8, 4) is 0 Å². The maximum absolute atomic E-state index is 12.1. The van der Waals surface area contributed by atoms with Crippen molar-refractivity contribution in [2.45, 2.75) is 58.2 Å². The van der Waals surface area contributed by atoms with Crippen LogP contribution in [0.25, 0.3) is 0 Å². The molecule has 0 saturated carbocycles. The normalized spacial score (nSPS) is 32.0. The van der Waals surface area contributed by atoms with Crippen LogP contribution >= 0.6 is 0 Å². The van der Waals surface area contributed by atoms with Gasteiger partial charge in [-0.3, -0.25) is 4.90 Å². The highest BCUT2D eigenvalue weighted by Gasteiger charge is 2.47. The third-order valence-electron chi connectivity index (χ3n) is 4.05. The predicted octanol–water partition coefficient (Wildman–Crippen LogP) is 1.28. The SMILES string of the molecule is CCS(=O)(=O)N1C2CCC1CN(C(C)(C)C)C2. The number of likely N-dealkylation sites (tertiary alicyclic amines) is 1. The lowest BCUT2D eigenvalue weighted by atomic mass is 10.0. The second kappa shape index (κ2) is 4.21. The topological polar surface area (TPSA) is 40.6 Å². The lowest BCUT2D eigenvalue weighted by molar-refractivity contribution is 0.0547. The Balaban J connectivity index is 2.19. The van der Waals surface area contributed by atoms with E-state index in [1.54, 1.807) is 11.2 Å². The van der Waals surface area contributed by atoms with Crippen LogP contribution in [0.4, 0.5) is 0 Å². The zero-order chi connectivity index (χ0) is 12.8. The van der Waals surface area contributed by atoms with Gasteiger partial charge in [0.05, 0.1) is 5.75 Å². The van der Waals surface area contributed by atoms with Crippen molar-refractivity contribution in [3.05, 3.63) is 0 Å². The Morgan fingerprint density at radius 1 is 1.12 bits per heavy atom. The molecule has 17 heavy (non-hydrogen) atoms. The van der Waals surface area contributed by atoms with E-state index in [-0.39, 0.29) is 23.4 Å². The average molecular weight is 260 g/mol. The Bertz CT molecular complexity index is 372. The first-order valence-corrected chi connectivity index (χ1v) is 8.13. The van der Waals surface area contributed by atoms with E-state index in [9.17, 15) is 8.42 Å². The minimum Gasteiger partial charge on any atom is -0.295 e. The number of fused-ring (bicyclic) bond motifs is 2. The largest absolute Gasteiger partial charge is 0.295 e. The molecule has 4 nitrogen and oxygen atoms in total. The molecule has 0 amide bonds. The Labute approximate surface area is 105 Å². The van der Waals surface area contributed by atoms with Crippen LogP contribution in [-0.4, -0.2) is 54.1 Å². The molecule has 2 heterocycles. The molecule has 0 aromatic heterocycles. The van der Waals surface area contributed by atoms with Gasteiger partial charge >= 0.3 is 0 Å². The Kier molecular flexibility index (Phi) is 3.30. The van der Waals surface area contributed by atoms with Crippen LogP contribution in [0.5, 0.6) is 0 Å². The van der Waals surface area contributed by atoms with E-state index < -0.39 is 10.0 Å². The summed E-state index contributed by atoms with van der Waals surface area (Å²) in [6.07, 6.45) is 2.05. The highest BCUT2D eigenvalue weighted by molar-refractivity contribution is 7.89. The van der Waals surface area contributed by atoms with E-state index in [4.69, 9.17) is 0 Å². The molecule has 2 atom stereocenters. The molecule has 0 aromatic carbocycles. The maximum atomic E-state index is 12.1. The molecule has 0 aliphatic carbocycles. The first-order chi connectivity index (χ1) is 7.75. The second-order valence-corrected chi connectivity index (χ2v) is 8.35. The molecule has 100 valence electrons. The number of hydrogen-bond acceptors (Lipinski definition) is 3. The molecular formula is C12H24N2O2S. The van der Waals surface area contributed by atoms with Gasteiger partial charge < -0.3 is 0 Å². The highest BCUT2D eigenvalue weighted by Crippen LogP contribution is 2.35. The van der Waals surface area contributed by atoms with Gasteiger partial charge in [-0.15, -0.1) is 0 Å². The first-order valence-electron chi connectivity index (χ1n) is 6.52. The highest BCUT2D eigenvalue weighted by atomic mass is 32.2. The van der Waals surface area contributed by atoms with Crippen LogP contribution in [0.15, 0.2) is 0 Å². The van der Waals surface area contributed by atoms with E-state index in [1.165, 1.54) is 0 Å². The number of piperazine rings is 1. The standard InChI is InChI=1S/C12H24N2O2S/c1-5-17(15,16)14-10-6-7-11(14)9-13(8-10)12(2,3)4/h10-11H,5-9H2,1-4H3. The van der Waals surface area contributed by atoms with Gasteiger partial charge in [0, 0.05) is 30.7 Å². The summed E-state index contributed by atoms with van der Waals surface area (Å²) in [6, 6.07) is 0.413. The third-order valence-corrected chi connectivity index (χ3v) is 6.02. The lowest BCUT2D eigenvalue weighted by Crippen LogP contribution is -2.60. The quantitative estimate of drug-likeness (QED) is 0.751. The van der Waals surface area contributed by atoms with Crippen molar-refractivity contribution in [1.29, 1.82) is 0 Å². The van der Waals surface area contributed by atoms with Gasteiger partial charge in [-0.25, -0.2) is 8.42 Å². The number of sulfonamides is 1. The van der Waals surface area contributed by atoms with Crippen LogP contribution < -0.4 is 0 Å². The van der Waals surface area contributed by atoms with Gasteiger partial charge in [-0.1, -0.05) is 0 Å². The van der Waals surface area contributed by atoms with Crippen molar-refractivity contribution in [2.75, 3.05) is 18.8 Å². The van der Waals surface area contributed by atoms with Gasteiger partial charge in [0.25, 0.3) is 0 Å². The number of nitrogens with zero attached hydrogens (tertiary/aromatic N) is 2. The smallest absolute Gasteiger partial charge is 0.214 e. The predicted molar refractivity (Wildman–Crippen MR) is 69.4 cm³/mol. The monoisotopic (exact) mass is 260 g/mol. The maximum Gasteiger partial charge on any atom is 0.214 e. The fourth-order valence-corrected chi connectivity index (χ4v) is 4.57. The van der Waals surface area contributed by atoms with Gasteiger partial charge in [0.15, 0.2) is 0 Å². The molecule has 2 aliphatic rings. The van der Waals surface area contributed by atoms with E-state index in [2.05, 4.69) is 25.7 Å². The van der Waals surface area contributed by atoms with Gasteiger partial charge in [-0.05, 0) is 40.5 Å². The molecular weight excluding hydrogens is 236 g/mol. The summed E-state index contributed by atoms with van der Waals surface area (Å²) in [4.78, 5) is 2.43. The minimum atomic E-state index is -3.02. The zero-order valence-electron chi connectivity index (χ0n) is 11.3. The summed E-state index contributed by atoms with van der Waals surface area (Å²) < 4.78 is 26.0. The van der Waals surface area contributed by atoms with Gasteiger partial charge in [0.2, 0.25) is 10.0 Å². The van der Waals surface area contributed by atoms with E-state index in [0.29, 0.717) is 0 Å². The fourth-order valence-electron chi connectivity index (χ4n) is 3.02. The van der Waals surface area contributed by atoms with Crippen LogP contribution in [0.2, 0.25) is 0 Å². The average Bonchev–Trinajstić information content (AvgIpc) is 2.49. The number of hydrogen-bond donors (Lipinski definition) is 0. The fraction of sp³-hybridized carbons (Fsp3) is 1.00. The summed E-state index contributed by atoms with van der Waals surface area (Å²) >= 11 is 0. The molecule has 0 spiro atoms. The van der Waals surface area contributed by atoms with Crippen LogP contribution in [0.1, 0.15) is 40.5 Å². The Hall–Kier alpha value is -0.130. The van der Waals surface area contributed by atoms with Crippen molar-refractivity contribution < 1.29 is 8.42 Å². The molecule has 2 unspecified atom stereocenters. The lowest BCUT2D eigenvalue weighted by Gasteiger charge is -2.45. The third kappa shape index (κ3) is 2.37. The molecule has 2 fully saturated rings. The molecule has 0 radical (unpaired) electrons. The van der Waals surface area contributed by atoms with Crippen molar-refractivity contribution in [3.63, 3.8) is 0 Å². The van der Waals surface area contributed by atoms with Gasteiger partial charge in [0.1, 0.15) is 0 Å². The molecule has 2 aliphatic heterocycles. The van der Waals surface area contributed by atoms with Crippen molar-refractivity contribution in [1.82, 2.24) is 9.21 Å². The Morgan fingerprint density at radius 3 is 1.94 bits per heavy atom. The molecule has 0 aromatic rings. The van der Waals surface area contributed by atoms with Crippen molar-refractivity contribution >= 4 is 10.0 Å². The van der Waals surface area contributed by atoms with E-state index >= 15 is 0 Å². The second-order valence-electron chi connectivity index (χ2n) is 6.19. The summed E-state index contributed by atoms with van der Waals surface area (Å²) in [5.41, 5.74) is 0.142. The minimum absolute atomic E-state index is 0.142. The molecule has 0 N–H and O–H groups in total. The van der Waals surface area contributed by atoms with Crippen LogP contribution in [0, 0.1) is 0 Å². The molecule has 2 rings (SSSR count). The molecule has 5 heteroatoms. The van der Waals surface area contributed by atoms with Crippen molar-refractivity contribution in [2.24, 2.45) is 0 Å². The van der Waals surface area contributed by atoms with E-state index in [1.807, 2.05) is 0 Å². The van der Waals surface area contributed by atoms with Crippen LogP contribution in [-0.2, 0) is 10.0 Å².